The van der Waals surface area contributed by atoms with Crippen molar-refractivity contribution >= 4 is 61.6 Å². The number of aromatic nitrogens is 4. The fourth-order valence-electron chi connectivity index (χ4n) is 4.90. The van der Waals surface area contributed by atoms with Crippen molar-refractivity contribution in [2.75, 3.05) is 63.9 Å². The number of nitrogens with zero attached hydrogens (tertiary/aromatic N) is 6. The molecule has 0 saturated carbocycles. The van der Waals surface area contributed by atoms with E-state index in [-0.39, 0.29) is 5.91 Å². The molecule has 0 unspecified atom stereocenters. The number of ether oxygens (including phenoxy) is 1. The molecule has 0 bridgehead atoms. The van der Waals surface area contributed by atoms with E-state index in [2.05, 4.69) is 82.8 Å². The molecule has 210 valence electrons. The molecule has 1 aliphatic heterocycles. The van der Waals surface area contributed by atoms with Crippen LogP contribution in [0.3, 0.4) is 0 Å². The molecular formula is C28H34BrN9O2. The average molecular weight is 609 g/mol. The highest BCUT2D eigenvalue weighted by Crippen LogP contribution is 2.34. The molecule has 2 aromatic carbocycles. The van der Waals surface area contributed by atoms with E-state index in [9.17, 15) is 4.79 Å². The third-order valence-electron chi connectivity index (χ3n) is 7.20. The van der Waals surface area contributed by atoms with Crippen molar-refractivity contribution in [1.29, 1.82) is 0 Å². The zero-order chi connectivity index (χ0) is 28.4. The van der Waals surface area contributed by atoms with Crippen LogP contribution in [0.25, 0.3) is 10.9 Å². The molecule has 2 aromatic heterocycles. The van der Waals surface area contributed by atoms with Crippen LogP contribution in [0.2, 0.25) is 0 Å². The molecule has 4 aromatic rings. The summed E-state index contributed by atoms with van der Waals surface area (Å²) in [6.45, 7) is 2.01. The standard InChI is InChI=1S/C28H34BrN9O2/c1-36(2)18-8-10-38(11-9-18)19-6-7-22(25(13-19)40-5)33-28-30-16-21(29)26(34-28)32-24-12-17-15-31-35-23(17)14-20(24)27(39)37(3)4/h6-7,12-16,18H,8-11H2,1-5H3,(H,31,35)(H2,30,32,33,34). The molecule has 1 fully saturated rings. The summed E-state index contributed by atoms with van der Waals surface area (Å²) in [6.07, 6.45) is 5.64. The summed E-state index contributed by atoms with van der Waals surface area (Å²) >= 11 is 3.54. The number of hydrogen-bond donors (Lipinski definition) is 3. The van der Waals surface area contributed by atoms with Crippen molar-refractivity contribution in [3.05, 3.63) is 52.8 Å². The van der Waals surface area contributed by atoms with Gasteiger partial charge < -0.3 is 30.1 Å². The normalized spacial score (nSPS) is 14.0. The highest BCUT2D eigenvalue weighted by atomic mass is 79.9. The van der Waals surface area contributed by atoms with E-state index in [0.717, 1.165) is 48.2 Å². The van der Waals surface area contributed by atoms with E-state index in [1.54, 1.807) is 39.7 Å². The van der Waals surface area contributed by atoms with Gasteiger partial charge in [0.25, 0.3) is 5.91 Å². The second-order valence-corrected chi connectivity index (χ2v) is 11.1. The van der Waals surface area contributed by atoms with Gasteiger partial charge in [-0.2, -0.15) is 10.1 Å². The summed E-state index contributed by atoms with van der Waals surface area (Å²) in [6, 6.07) is 10.4. The summed E-state index contributed by atoms with van der Waals surface area (Å²) in [7, 11) is 9.39. The van der Waals surface area contributed by atoms with E-state index in [0.29, 0.717) is 39.3 Å². The summed E-state index contributed by atoms with van der Waals surface area (Å²) in [5, 5.41) is 14.5. The molecule has 1 aliphatic rings. The first-order chi connectivity index (χ1) is 19.2. The minimum absolute atomic E-state index is 0.140. The van der Waals surface area contributed by atoms with Crippen LogP contribution in [0.1, 0.15) is 23.2 Å². The Balaban J connectivity index is 1.38. The lowest BCUT2D eigenvalue weighted by Gasteiger charge is -2.36. The van der Waals surface area contributed by atoms with Crippen LogP contribution < -0.4 is 20.3 Å². The Hall–Kier alpha value is -3.90. The Bertz CT molecular complexity index is 1510. The van der Waals surface area contributed by atoms with Gasteiger partial charge in [-0.3, -0.25) is 9.89 Å². The first-order valence-corrected chi connectivity index (χ1v) is 13.9. The number of amides is 1. The molecular weight excluding hydrogens is 574 g/mol. The average Bonchev–Trinajstić information content (AvgIpc) is 3.41. The smallest absolute Gasteiger partial charge is 0.255 e. The van der Waals surface area contributed by atoms with Crippen molar-refractivity contribution in [3.63, 3.8) is 0 Å². The lowest BCUT2D eigenvalue weighted by atomic mass is 10.0. The summed E-state index contributed by atoms with van der Waals surface area (Å²) in [5.41, 5.74) is 3.77. The molecule has 40 heavy (non-hydrogen) atoms. The predicted molar refractivity (Wildman–Crippen MR) is 162 cm³/mol. The quantitative estimate of drug-likeness (QED) is 0.259. The van der Waals surface area contributed by atoms with E-state index in [1.807, 2.05) is 12.1 Å². The number of nitrogens with one attached hydrogen (secondary N) is 3. The zero-order valence-electron chi connectivity index (χ0n) is 23.3. The Morgan fingerprint density at radius 2 is 1.85 bits per heavy atom. The number of methoxy groups -OCH3 is 1. The number of carbonyl (C=O) groups excluding carboxylic acids is 1. The van der Waals surface area contributed by atoms with Crippen LogP contribution in [0, 0.1) is 0 Å². The molecule has 1 saturated heterocycles. The van der Waals surface area contributed by atoms with E-state index in [1.165, 1.54) is 4.90 Å². The van der Waals surface area contributed by atoms with Gasteiger partial charge in [-0.1, -0.05) is 0 Å². The highest BCUT2D eigenvalue weighted by Gasteiger charge is 2.22. The summed E-state index contributed by atoms with van der Waals surface area (Å²) in [4.78, 5) is 28.3. The number of carbonyl (C=O) groups is 1. The molecule has 11 nitrogen and oxygen atoms in total. The fourth-order valence-corrected chi connectivity index (χ4v) is 5.19. The van der Waals surface area contributed by atoms with Crippen molar-refractivity contribution in [1.82, 2.24) is 30.0 Å². The summed E-state index contributed by atoms with van der Waals surface area (Å²) in [5.74, 6) is 1.46. The van der Waals surface area contributed by atoms with Crippen LogP contribution in [0.15, 0.2) is 47.2 Å². The van der Waals surface area contributed by atoms with Crippen LogP contribution in [0.5, 0.6) is 5.75 Å². The molecule has 0 radical (unpaired) electrons. The maximum absolute atomic E-state index is 12.9. The first-order valence-electron chi connectivity index (χ1n) is 13.1. The largest absolute Gasteiger partial charge is 0.494 e. The SMILES string of the molecule is COc1cc(N2CCC(N(C)C)CC2)ccc1Nc1ncc(Br)c(Nc2cc3cn[nH]c3cc2C(=O)N(C)C)n1. The topological polar surface area (TPSA) is 115 Å². The van der Waals surface area contributed by atoms with Gasteiger partial charge in [-0.15, -0.1) is 0 Å². The Kier molecular flexibility index (Phi) is 8.08. The van der Waals surface area contributed by atoms with E-state index < -0.39 is 0 Å². The fraction of sp³-hybridized carbons (Fsp3) is 0.357. The molecule has 0 aliphatic carbocycles. The van der Waals surface area contributed by atoms with E-state index in [4.69, 9.17) is 4.74 Å². The number of hydrogen-bond acceptors (Lipinski definition) is 9. The monoisotopic (exact) mass is 607 g/mol. The molecule has 3 heterocycles. The third-order valence-corrected chi connectivity index (χ3v) is 7.78. The summed E-state index contributed by atoms with van der Waals surface area (Å²) < 4.78 is 6.38. The maximum atomic E-state index is 12.9. The molecule has 5 rings (SSSR count). The number of anilines is 5. The van der Waals surface area contributed by atoms with Crippen molar-refractivity contribution in [2.24, 2.45) is 0 Å². The minimum Gasteiger partial charge on any atom is -0.494 e. The number of rotatable bonds is 8. The van der Waals surface area contributed by atoms with Crippen LogP contribution in [-0.2, 0) is 0 Å². The van der Waals surface area contributed by atoms with Gasteiger partial charge in [0.2, 0.25) is 5.95 Å². The lowest BCUT2D eigenvalue weighted by Crippen LogP contribution is -2.41. The number of aromatic amines is 1. The van der Waals surface area contributed by atoms with Crippen molar-refractivity contribution in [3.8, 4) is 5.75 Å². The lowest BCUT2D eigenvalue weighted by molar-refractivity contribution is 0.0828. The second-order valence-electron chi connectivity index (χ2n) is 10.3. The van der Waals surface area contributed by atoms with Gasteiger partial charge in [0.15, 0.2) is 0 Å². The Morgan fingerprint density at radius 3 is 2.55 bits per heavy atom. The molecule has 0 spiro atoms. The number of H-pyrrole nitrogens is 1. The minimum atomic E-state index is -0.140. The molecule has 12 heteroatoms. The van der Waals surface area contributed by atoms with Crippen LogP contribution in [0.4, 0.5) is 28.8 Å². The number of fused-ring (bicyclic) bond motifs is 1. The van der Waals surface area contributed by atoms with Gasteiger partial charge in [-0.05, 0) is 67.1 Å². The number of halogens is 1. The van der Waals surface area contributed by atoms with Crippen LogP contribution >= 0.6 is 15.9 Å². The van der Waals surface area contributed by atoms with E-state index >= 15 is 0 Å². The second kappa shape index (κ2) is 11.7. The van der Waals surface area contributed by atoms with Crippen molar-refractivity contribution in [2.45, 2.75) is 18.9 Å². The van der Waals surface area contributed by atoms with Crippen molar-refractivity contribution < 1.29 is 9.53 Å². The number of benzene rings is 2. The third kappa shape index (κ3) is 5.82. The highest BCUT2D eigenvalue weighted by molar-refractivity contribution is 9.10. The van der Waals surface area contributed by atoms with Gasteiger partial charge in [0.1, 0.15) is 11.6 Å². The Morgan fingerprint density at radius 1 is 1.07 bits per heavy atom. The van der Waals surface area contributed by atoms with Gasteiger partial charge in [0.05, 0.1) is 40.2 Å². The molecule has 0 atom stereocenters. The zero-order valence-corrected chi connectivity index (χ0v) is 24.9. The van der Waals surface area contributed by atoms with Gasteiger partial charge in [0, 0.05) is 56.6 Å². The van der Waals surface area contributed by atoms with Crippen LogP contribution in [-0.4, -0.2) is 90.3 Å². The Labute approximate surface area is 242 Å². The van der Waals surface area contributed by atoms with Gasteiger partial charge in [-0.25, -0.2) is 4.98 Å². The number of piperidine rings is 1. The predicted octanol–water partition coefficient (Wildman–Crippen LogP) is 4.84. The molecule has 3 N–H and O–H groups in total. The first kappa shape index (κ1) is 27.7. The molecule has 1 amide bonds. The maximum Gasteiger partial charge on any atom is 0.255 e. The van der Waals surface area contributed by atoms with Gasteiger partial charge >= 0.3 is 0 Å².